The Hall–Kier alpha value is -1.22. The highest BCUT2D eigenvalue weighted by molar-refractivity contribution is 7.89. The lowest BCUT2D eigenvalue weighted by molar-refractivity contribution is 0.271. The molecule has 0 radical (unpaired) electrons. The number of aromatic nitrogens is 2. The summed E-state index contributed by atoms with van der Waals surface area (Å²) in [6.45, 7) is 6.00. The molecular formula is C13H19N3O3S2. The first-order valence-corrected chi connectivity index (χ1v) is 8.92. The van der Waals surface area contributed by atoms with Crippen LogP contribution in [-0.2, 0) is 23.2 Å². The normalized spacial score (nSPS) is 13.5. The number of thiazole rings is 1. The smallest absolute Gasteiger partial charge is 0.242 e. The molecule has 8 heteroatoms. The molecule has 21 heavy (non-hydrogen) atoms. The van der Waals surface area contributed by atoms with E-state index in [2.05, 4.69) is 9.71 Å². The molecule has 0 saturated heterocycles. The van der Waals surface area contributed by atoms with Crippen molar-refractivity contribution in [3.63, 3.8) is 0 Å². The predicted molar refractivity (Wildman–Crippen MR) is 81.6 cm³/mol. The molecule has 0 spiro atoms. The molecule has 0 amide bonds. The maximum atomic E-state index is 12.4. The minimum atomic E-state index is -3.64. The number of rotatable bonds is 6. The molecule has 2 aromatic heterocycles. The van der Waals surface area contributed by atoms with E-state index in [0.717, 1.165) is 9.88 Å². The third-order valence-electron chi connectivity index (χ3n) is 3.12. The Balaban J connectivity index is 2.24. The van der Waals surface area contributed by atoms with Gasteiger partial charge in [-0.05, 0) is 26.8 Å². The van der Waals surface area contributed by atoms with Crippen LogP contribution in [0.3, 0.4) is 0 Å². The Morgan fingerprint density at radius 3 is 2.71 bits per heavy atom. The van der Waals surface area contributed by atoms with Gasteiger partial charge in [0, 0.05) is 29.5 Å². The third kappa shape index (κ3) is 3.52. The van der Waals surface area contributed by atoms with Crippen molar-refractivity contribution in [2.75, 3.05) is 0 Å². The number of aryl methyl sites for hydroxylation is 2. The molecular weight excluding hydrogens is 310 g/mol. The van der Waals surface area contributed by atoms with Crippen molar-refractivity contribution in [1.29, 1.82) is 0 Å². The second-order valence-corrected chi connectivity index (χ2v) is 7.74. The van der Waals surface area contributed by atoms with Gasteiger partial charge in [0.05, 0.1) is 17.5 Å². The highest BCUT2D eigenvalue weighted by Crippen LogP contribution is 2.22. The molecule has 0 fully saturated rings. The number of aliphatic hydroxyl groups excluding tert-OH is 1. The fraction of sp³-hybridized carbons (Fsp3) is 0.462. The zero-order valence-corrected chi connectivity index (χ0v) is 13.8. The van der Waals surface area contributed by atoms with Gasteiger partial charge in [-0.3, -0.25) is 0 Å². The summed E-state index contributed by atoms with van der Waals surface area (Å²) >= 11 is 1.47. The summed E-state index contributed by atoms with van der Waals surface area (Å²) in [4.78, 5) is 5.39. The molecule has 1 atom stereocenters. The van der Waals surface area contributed by atoms with Crippen LogP contribution in [0.15, 0.2) is 23.4 Å². The van der Waals surface area contributed by atoms with Crippen molar-refractivity contribution in [3.05, 3.63) is 34.0 Å². The molecule has 0 aromatic carbocycles. The topological polar surface area (TPSA) is 84.2 Å². The van der Waals surface area contributed by atoms with Crippen LogP contribution < -0.4 is 4.72 Å². The number of hydrogen-bond acceptors (Lipinski definition) is 5. The molecule has 6 nitrogen and oxygen atoms in total. The van der Waals surface area contributed by atoms with Crippen LogP contribution in [0, 0.1) is 6.92 Å². The molecule has 2 heterocycles. The standard InChI is InChI=1S/C13H19N3O3S2/c1-4-16-7-12(5-11(16)8-17)21(18,19)15-10(3)13-14-6-9(2)20-13/h5-7,10,15,17H,4,8H2,1-3H3. The SMILES string of the molecule is CCn1cc(S(=O)(=O)NC(C)c2ncc(C)s2)cc1CO. The Morgan fingerprint density at radius 2 is 2.24 bits per heavy atom. The van der Waals surface area contributed by atoms with Gasteiger partial charge in [0.2, 0.25) is 10.0 Å². The van der Waals surface area contributed by atoms with E-state index in [4.69, 9.17) is 0 Å². The van der Waals surface area contributed by atoms with Crippen LogP contribution in [0.5, 0.6) is 0 Å². The third-order valence-corrected chi connectivity index (χ3v) is 5.72. The second kappa shape index (κ2) is 6.27. The van der Waals surface area contributed by atoms with Gasteiger partial charge >= 0.3 is 0 Å². The Kier molecular flexibility index (Phi) is 4.82. The Labute approximate surface area is 128 Å². The number of hydrogen-bond donors (Lipinski definition) is 2. The molecule has 1 unspecified atom stereocenters. The van der Waals surface area contributed by atoms with Crippen molar-refractivity contribution in [2.45, 2.75) is 44.9 Å². The number of sulfonamides is 1. The molecule has 116 valence electrons. The van der Waals surface area contributed by atoms with E-state index in [1.807, 2.05) is 13.8 Å². The first-order valence-electron chi connectivity index (χ1n) is 6.62. The van der Waals surface area contributed by atoms with E-state index >= 15 is 0 Å². The molecule has 0 bridgehead atoms. The lowest BCUT2D eigenvalue weighted by atomic mass is 10.4. The molecule has 2 aromatic rings. The van der Waals surface area contributed by atoms with E-state index in [1.165, 1.54) is 23.6 Å². The lowest BCUT2D eigenvalue weighted by Gasteiger charge is -2.10. The minimum Gasteiger partial charge on any atom is -0.390 e. The van der Waals surface area contributed by atoms with Gasteiger partial charge in [-0.15, -0.1) is 11.3 Å². The van der Waals surface area contributed by atoms with Crippen LogP contribution in [0.2, 0.25) is 0 Å². The van der Waals surface area contributed by atoms with E-state index in [-0.39, 0.29) is 11.5 Å². The van der Waals surface area contributed by atoms with Gasteiger partial charge in [0.25, 0.3) is 0 Å². The molecule has 0 aliphatic carbocycles. The van der Waals surface area contributed by atoms with Crippen LogP contribution >= 0.6 is 11.3 Å². The van der Waals surface area contributed by atoms with Crippen LogP contribution in [0.4, 0.5) is 0 Å². The molecule has 2 N–H and O–H groups in total. The summed E-state index contributed by atoms with van der Waals surface area (Å²) in [7, 11) is -3.64. The van der Waals surface area contributed by atoms with Crippen LogP contribution in [0.1, 0.15) is 35.5 Å². The van der Waals surface area contributed by atoms with Gasteiger partial charge in [0.1, 0.15) is 5.01 Å². The quantitative estimate of drug-likeness (QED) is 0.846. The summed E-state index contributed by atoms with van der Waals surface area (Å²) in [6, 6.07) is 1.10. The number of nitrogens with zero attached hydrogens (tertiary/aromatic N) is 2. The first kappa shape index (κ1) is 16.2. The van der Waals surface area contributed by atoms with Crippen molar-refractivity contribution in [1.82, 2.24) is 14.3 Å². The summed E-state index contributed by atoms with van der Waals surface area (Å²) in [5.74, 6) is 0. The maximum Gasteiger partial charge on any atom is 0.242 e. The maximum absolute atomic E-state index is 12.4. The number of aliphatic hydroxyl groups is 1. The molecule has 2 rings (SSSR count). The van der Waals surface area contributed by atoms with E-state index in [0.29, 0.717) is 12.2 Å². The van der Waals surface area contributed by atoms with Crippen molar-refractivity contribution < 1.29 is 13.5 Å². The summed E-state index contributed by atoms with van der Waals surface area (Å²) < 4.78 is 29.1. The van der Waals surface area contributed by atoms with Gasteiger partial charge < -0.3 is 9.67 Å². The van der Waals surface area contributed by atoms with Gasteiger partial charge in [0.15, 0.2) is 0 Å². The molecule has 0 aliphatic rings. The highest BCUT2D eigenvalue weighted by atomic mass is 32.2. The van der Waals surface area contributed by atoms with Gasteiger partial charge in [-0.2, -0.15) is 0 Å². The van der Waals surface area contributed by atoms with Crippen LogP contribution in [-0.4, -0.2) is 23.1 Å². The average molecular weight is 329 g/mol. The monoisotopic (exact) mass is 329 g/mol. The lowest BCUT2D eigenvalue weighted by Crippen LogP contribution is -2.26. The van der Waals surface area contributed by atoms with Crippen molar-refractivity contribution in [3.8, 4) is 0 Å². The fourth-order valence-electron chi connectivity index (χ4n) is 2.02. The van der Waals surface area contributed by atoms with E-state index < -0.39 is 16.1 Å². The predicted octanol–water partition coefficient (Wildman–Crippen LogP) is 1.80. The summed E-state index contributed by atoms with van der Waals surface area (Å²) in [6.07, 6.45) is 3.26. The summed E-state index contributed by atoms with van der Waals surface area (Å²) in [5, 5.41) is 9.98. The van der Waals surface area contributed by atoms with Crippen LogP contribution in [0.25, 0.3) is 0 Å². The first-order chi connectivity index (χ1) is 9.87. The fourth-order valence-corrected chi connectivity index (χ4v) is 4.14. The van der Waals surface area contributed by atoms with E-state index in [1.54, 1.807) is 17.7 Å². The second-order valence-electron chi connectivity index (χ2n) is 4.76. The minimum absolute atomic E-state index is 0.161. The van der Waals surface area contributed by atoms with Gasteiger partial charge in [-0.1, -0.05) is 0 Å². The zero-order chi connectivity index (χ0) is 15.6. The number of nitrogens with one attached hydrogen (secondary N) is 1. The molecule has 0 saturated carbocycles. The van der Waals surface area contributed by atoms with Crippen molar-refractivity contribution >= 4 is 21.4 Å². The van der Waals surface area contributed by atoms with Gasteiger partial charge in [-0.25, -0.2) is 18.1 Å². The Bertz CT molecular complexity index is 697. The van der Waals surface area contributed by atoms with E-state index in [9.17, 15) is 13.5 Å². The Morgan fingerprint density at radius 1 is 1.52 bits per heavy atom. The zero-order valence-electron chi connectivity index (χ0n) is 12.2. The summed E-state index contributed by atoms with van der Waals surface area (Å²) in [5.41, 5.74) is 0.579. The average Bonchev–Trinajstić information content (AvgIpc) is 3.03. The highest BCUT2D eigenvalue weighted by Gasteiger charge is 2.22. The largest absolute Gasteiger partial charge is 0.390 e. The van der Waals surface area contributed by atoms with Crippen molar-refractivity contribution in [2.24, 2.45) is 0 Å². The molecule has 0 aliphatic heterocycles.